The Morgan fingerprint density at radius 2 is 2.40 bits per heavy atom. The molecule has 10 heavy (non-hydrogen) atoms. The van der Waals surface area contributed by atoms with Gasteiger partial charge in [0.15, 0.2) is 0 Å². The molecule has 54 valence electrons. The molecule has 0 aromatic heterocycles. The normalized spacial score (nSPS) is 47.3. The van der Waals surface area contributed by atoms with Crippen molar-refractivity contribution in [3.8, 4) is 0 Å². The Morgan fingerprint density at radius 1 is 1.60 bits per heavy atom. The molecule has 3 nitrogen and oxygen atoms in total. The van der Waals surface area contributed by atoms with Crippen LogP contribution in [-0.4, -0.2) is 17.0 Å². The van der Waals surface area contributed by atoms with E-state index in [1.807, 2.05) is 0 Å². The Kier molecular flexibility index (Phi) is 1.08. The maximum atomic E-state index is 8.53. The van der Waals surface area contributed by atoms with Crippen LogP contribution in [0.15, 0.2) is 17.3 Å². The van der Waals surface area contributed by atoms with Crippen molar-refractivity contribution < 1.29 is 5.21 Å². The summed E-state index contributed by atoms with van der Waals surface area (Å²) in [6.07, 6.45) is 5.23. The first-order valence-corrected chi connectivity index (χ1v) is 3.48. The van der Waals surface area contributed by atoms with Crippen LogP contribution in [0.1, 0.15) is 6.42 Å². The monoisotopic (exact) mass is 138 g/mol. The van der Waals surface area contributed by atoms with E-state index in [9.17, 15) is 0 Å². The lowest BCUT2D eigenvalue weighted by molar-refractivity contribution is 0.315. The predicted octanol–water partition coefficient (Wildman–Crippen LogP) is 0.350. The first-order valence-electron chi connectivity index (χ1n) is 3.48. The van der Waals surface area contributed by atoms with Gasteiger partial charge in [-0.3, -0.25) is 0 Å². The van der Waals surface area contributed by atoms with Crippen molar-refractivity contribution in [3.05, 3.63) is 12.2 Å². The van der Waals surface area contributed by atoms with Gasteiger partial charge in [0.1, 0.15) is 0 Å². The summed E-state index contributed by atoms with van der Waals surface area (Å²) >= 11 is 0. The van der Waals surface area contributed by atoms with E-state index < -0.39 is 0 Å². The molecule has 3 N–H and O–H groups in total. The van der Waals surface area contributed by atoms with Gasteiger partial charge in [-0.1, -0.05) is 17.3 Å². The molecule has 1 fully saturated rings. The van der Waals surface area contributed by atoms with Crippen molar-refractivity contribution in [1.29, 1.82) is 0 Å². The van der Waals surface area contributed by atoms with E-state index in [0.29, 0.717) is 11.8 Å². The molecule has 0 spiro atoms. The minimum Gasteiger partial charge on any atom is -0.411 e. The van der Waals surface area contributed by atoms with Crippen LogP contribution in [0.5, 0.6) is 0 Å². The highest BCUT2D eigenvalue weighted by Gasteiger charge is 2.39. The lowest BCUT2D eigenvalue weighted by Gasteiger charge is -2.12. The SMILES string of the molecule is NC1/C(=N\O)C2C=CC1C2. The molecular formula is C7H10N2O. The van der Waals surface area contributed by atoms with E-state index in [-0.39, 0.29) is 6.04 Å². The van der Waals surface area contributed by atoms with Gasteiger partial charge >= 0.3 is 0 Å². The van der Waals surface area contributed by atoms with Crippen LogP contribution >= 0.6 is 0 Å². The van der Waals surface area contributed by atoms with Gasteiger partial charge in [-0.15, -0.1) is 0 Å². The maximum absolute atomic E-state index is 8.53. The molecule has 1 saturated carbocycles. The third-order valence-corrected chi connectivity index (χ3v) is 2.41. The molecule has 0 aliphatic heterocycles. The van der Waals surface area contributed by atoms with E-state index in [4.69, 9.17) is 10.9 Å². The Bertz CT molecular complexity index is 210. The van der Waals surface area contributed by atoms with Crippen molar-refractivity contribution in [2.24, 2.45) is 22.7 Å². The average molecular weight is 138 g/mol. The number of hydrogen-bond donors (Lipinski definition) is 2. The topological polar surface area (TPSA) is 58.6 Å². The third kappa shape index (κ3) is 0.555. The molecule has 3 heteroatoms. The summed E-state index contributed by atoms with van der Waals surface area (Å²) in [5.74, 6) is 0.751. The quantitative estimate of drug-likeness (QED) is 0.288. The van der Waals surface area contributed by atoms with Crippen molar-refractivity contribution in [2.75, 3.05) is 0 Å². The zero-order valence-corrected chi connectivity index (χ0v) is 5.57. The van der Waals surface area contributed by atoms with Crippen molar-refractivity contribution in [1.82, 2.24) is 0 Å². The van der Waals surface area contributed by atoms with Gasteiger partial charge in [-0.25, -0.2) is 0 Å². The highest BCUT2D eigenvalue weighted by atomic mass is 16.4. The second kappa shape index (κ2) is 1.83. The fourth-order valence-corrected chi connectivity index (χ4v) is 1.82. The predicted molar refractivity (Wildman–Crippen MR) is 37.9 cm³/mol. The second-order valence-corrected chi connectivity index (χ2v) is 2.94. The van der Waals surface area contributed by atoms with Gasteiger partial charge in [0.25, 0.3) is 0 Å². The Labute approximate surface area is 59.2 Å². The van der Waals surface area contributed by atoms with Crippen LogP contribution in [0.2, 0.25) is 0 Å². The number of hydrogen-bond acceptors (Lipinski definition) is 3. The molecule has 0 saturated heterocycles. The van der Waals surface area contributed by atoms with Crippen LogP contribution in [0, 0.1) is 11.8 Å². The molecule has 2 rings (SSSR count). The lowest BCUT2D eigenvalue weighted by Crippen LogP contribution is -2.33. The minimum atomic E-state index is -0.0278. The standard InChI is InChI=1S/C7H10N2O/c8-6-4-1-2-5(3-4)7(6)9-10/h1-2,4-6,10H,3,8H2/b9-7-. The number of fused-ring (bicyclic) bond motifs is 2. The first-order chi connectivity index (χ1) is 4.83. The largest absolute Gasteiger partial charge is 0.411 e. The van der Waals surface area contributed by atoms with Crippen molar-refractivity contribution in [3.63, 3.8) is 0 Å². The zero-order valence-electron chi connectivity index (χ0n) is 5.57. The number of allylic oxidation sites excluding steroid dienone is 1. The molecule has 3 unspecified atom stereocenters. The molecule has 2 aliphatic rings. The molecule has 0 radical (unpaired) electrons. The summed E-state index contributed by atoms with van der Waals surface area (Å²) in [6.45, 7) is 0. The van der Waals surface area contributed by atoms with Crippen molar-refractivity contribution in [2.45, 2.75) is 12.5 Å². The fourth-order valence-electron chi connectivity index (χ4n) is 1.82. The summed E-state index contributed by atoms with van der Waals surface area (Å²) < 4.78 is 0. The summed E-state index contributed by atoms with van der Waals surface area (Å²) in [4.78, 5) is 0. The summed E-state index contributed by atoms with van der Waals surface area (Å²) in [7, 11) is 0. The number of oxime groups is 1. The molecule has 2 aliphatic carbocycles. The number of rotatable bonds is 0. The van der Waals surface area contributed by atoms with Crippen molar-refractivity contribution >= 4 is 5.71 Å². The molecule has 0 aromatic carbocycles. The molecule has 3 atom stereocenters. The fraction of sp³-hybridized carbons (Fsp3) is 0.571. The van der Waals surface area contributed by atoms with Gasteiger partial charge in [-0.05, 0) is 12.3 Å². The van der Waals surface area contributed by atoms with E-state index >= 15 is 0 Å². The smallest absolute Gasteiger partial charge is 0.0812 e. The number of nitrogens with two attached hydrogens (primary N) is 1. The molecule has 2 bridgehead atoms. The van der Waals surface area contributed by atoms with Crippen LogP contribution in [0.25, 0.3) is 0 Å². The average Bonchev–Trinajstić information content (AvgIpc) is 2.46. The Hall–Kier alpha value is -0.830. The first kappa shape index (κ1) is 5.92. The Morgan fingerprint density at radius 3 is 2.80 bits per heavy atom. The Balaban J connectivity index is 2.34. The number of nitrogens with zero attached hydrogens (tertiary/aromatic N) is 1. The van der Waals surface area contributed by atoms with Crippen LogP contribution < -0.4 is 5.73 Å². The van der Waals surface area contributed by atoms with E-state index in [0.717, 1.165) is 12.1 Å². The van der Waals surface area contributed by atoms with Crippen LogP contribution in [-0.2, 0) is 0 Å². The van der Waals surface area contributed by atoms with Gasteiger partial charge in [-0.2, -0.15) is 0 Å². The molecular weight excluding hydrogens is 128 g/mol. The minimum absolute atomic E-state index is 0.0278. The second-order valence-electron chi connectivity index (χ2n) is 2.94. The van der Waals surface area contributed by atoms with E-state index in [1.165, 1.54) is 0 Å². The lowest BCUT2D eigenvalue weighted by atomic mass is 10.0. The van der Waals surface area contributed by atoms with Gasteiger partial charge in [0, 0.05) is 5.92 Å². The summed E-state index contributed by atoms with van der Waals surface area (Å²) in [5, 5.41) is 11.7. The highest BCUT2D eigenvalue weighted by Crippen LogP contribution is 2.35. The molecule has 0 heterocycles. The van der Waals surface area contributed by atoms with E-state index in [2.05, 4.69) is 17.3 Å². The van der Waals surface area contributed by atoms with Gasteiger partial charge in [0.2, 0.25) is 0 Å². The van der Waals surface area contributed by atoms with Gasteiger partial charge in [0.05, 0.1) is 11.8 Å². The summed E-state index contributed by atoms with van der Waals surface area (Å²) in [5.41, 5.74) is 6.49. The van der Waals surface area contributed by atoms with Gasteiger partial charge < -0.3 is 10.9 Å². The molecule has 0 aromatic rings. The molecule has 0 amide bonds. The maximum Gasteiger partial charge on any atom is 0.0812 e. The third-order valence-electron chi connectivity index (χ3n) is 2.41. The van der Waals surface area contributed by atoms with E-state index in [1.54, 1.807) is 0 Å². The van der Waals surface area contributed by atoms with Crippen LogP contribution in [0.4, 0.5) is 0 Å². The zero-order chi connectivity index (χ0) is 7.14. The van der Waals surface area contributed by atoms with Crippen LogP contribution in [0.3, 0.4) is 0 Å². The summed E-state index contributed by atoms with van der Waals surface area (Å²) in [6, 6.07) is -0.0278. The highest BCUT2D eigenvalue weighted by molar-refractivity contribution is 5.96.